The lowest BCUT2D eigenvalue weighted by Gasteiger charge is -2.16. The first kappa shape index (κ1) is 33.4. The van der Waals surface area contributed by atoms with Gasteiger partial charge in [-0.15, -0.1) is 0 Å². The molecule has 0 amide bonds. The zero-order valence-electron chi connectivity index (χ0n) is 28.2. The highest BCUT2D eigenvalue weighted by molar-refractivity contribution is 6.27. The fraction of sp³-hybridized carbons (Fsp3) is 0.0889. The molecule has 3 nitrogen and oxygen atoms in total. The van der Waals surface area contributed by atoms with Gasteiger partial charge in [0.05, 0.1) is 5.69 Å². The first-order valence-electron chi connectivity index (χ1n) is 16.1. The van der Waals surface area contributed by atoms with E-state index in [4.69, 9.17) is 0 Å². The van der Waals surface area contributed by atoms with Crippen LogP contribution in [0.2, 0.25) is 0 Å². The molecule has 48 heavy (non-hydrogen) atoms. The summed E-state index contributed by atoms with van der Waals surface area (Å²) < 4.78 is 0. The van der Waals surface area contributed by atoms with Crippen molar-refractivity contribution in [1.82, 2.24) is 9.97 Å². The molecule has 236 valence electrons. The molecule has 0 aliphatic rings. The third kappa shape index (κ3) is 7.54. The number of aliphatic imine (C=N–C) groups is 1. The number of allylic oxidation sites excluding steroid dienone is 6. The van der Waals surface area contributed by atoms with Crippen molar-refractivity contribution >= 4 is 38.5 Å². The molecule has 7 rings (SSSR count). The second-order valence-electron chi connectivity index (χ2n) is 11.3. The topological polar surface area (TPSA) is 38.1 Å². The average Bonchev–Trinajstić information content (AvgIpc) is 3.16. The standard InChI is InChI=1S/C32H20N2.C10H14.C3H7N/c1-2-18-34-30(3-1)27-13-11-25-9-8-24-10-12-26(28-14-15-29(27)32(25)31(24)28)23-6-4-21(5-7-23)22-16-19-33-20-17-22;1-5-9(3)7-8-10(4)6-2;1-3-4-2/h1-20H;5-8H,1,3H2,2,4H3;3H,1-2H3/b;8-7-,10-6+;. The third-order valence-corrected chi connectivity index (χ3v) is 8.35. The molecule has 3 heteroatoms. The summed E-state index contributed by atoms with van der Waals surface area (Å²) in [6, 6.07) is 37.0. The molecule has 0 aliphatic heterocycles. The fourth-order valence-corrected chi connectivity index (χ4v) is 5.59. The van der Waals surface area contributed by atoms with E-state index in [-0.39, 0.29) is 0 Å². The van der Waals surface area contributed by atoms with Crippen LogP contribution in [0.25, 0.3) is 65.8 Å². The Hall–Kier alpha value is -5.93. The van der Waals surface area contributed by atoms with Crippen LogP contribution in [0.1, 0.15) is 20.8 Å². The Bertz CT molecular complexity index is 2220. The van der Waals surface area contributed by atoms with Crippen molar-refractivity contribution in [1.29, 1.82) is 0 Å². The molecule has 0 atom stereocenters. The lowest BCUT2D eigenvalue weighted by molar-refractivity contribution is 1.33. The molecule has 7 aromatic rings. The Morgan fingerprint density at radius 3 is 1.77 bits per heavy atom. The van der Waals surface area contributed by atoms with Crippen LogP contribution >= 0.6 is 0 Å². The lowest BCUT2D eigenvalue weighted by Crippen LogP contribution is -1.90. The predicted molar refractivity (Wildman–Crippen MR) is 210 cm³/mol. The normalized spacial score (nSPS) is 11.5. The van der Waals surface area contributed by atoms with Gasteiger partial charge >= 0.3 is 0 Å². The fourth-order valence-electron chi connectivity index (χ4n) is 5.59. The summed E-state index contributed by atoms with van der Waals surface area (Å²) in [4.78, 5) is 12.4. The summed E-state index contributed by atoms with van der Waals surface area (Å²) in [5, 5.41) is 7.70. The van der Waals surface area contributed by atoms with Crippen molar-refractivity contribution in [2.45, 2.75) is 20.8 Å². The molecule has 0 fully saturated rings. The van der Waals surface area contributed by atoms with E-state index in [2.05, 4.69) is 107 Å². The molecule has 0 saturated carbocycles. The molecular formula is C45H41N3. The summed E-state index contributed by atoms with van der Waals surface area (Å²) in [7, 11) is 1.75. The summed E-state index contributed by atoms with van der Waals surface area (Å²) in [6.45, 7) is 13.3. The van der Waals surface area contributed by atoms with Crippen molar-refractivity contribution in [3.8, 4) is 33.5 Å². The second kappa shape index (κ2) is 16.1. The first-order valence-corrected chi connectivity index (χ1v) is 16.1. The van der Waals surface area contributed by atoms with Gasteiger partial charge in [-0.05, 0) is 111 Å². The molecule has 2 heterocycles. The Balaban J connectivity index is 0.000000274. The van der Waals surface area contributed by atoms with Crippen molar-refractivity contribution in [3.63, 3.8) is 0 Å². The highest BCUT2D eigenvalue weighted by Gasteiger charge is 2.15. The quantitative estimate of drug-likeness (QED) is 0.105. The average molecular weight is 624 g/mol. The number of hydrogen-bond acceptors (Lipinski definition) is 3. The minimum Gasteiger partial charge on any atom is -0.301 e. The molecule has 5 aromatic carbocycles. The Morgan fingerprint density at radius 1 is 0.646 bits per heavy atom. The molecular weight excluding hydrogens is 583 g/mol. The zero-order valence-corrected chi connectivity index (χ0v) is 28.2. The number of benzene rings is 5. The van der Waals surface area contributed by atoms with Crippen molar-refractivity contribution in [3.05, 3.63) is 170 Å². The Kier molecular flexibility index (Phi) is 11.2. The van der Waals surface area contributed by atoms with E-state index in [1.165, 1.54) is 65.7 Å². The van der Waals surface area contributed by atoms with Gasteiger partial charge in [-0.2, -0.15) is 0 Å². The number of rotatable bonds is 6. The molecule has 0 saturated heterocycles. The SMILES string of the molecule is C=CC(=C)/C=C\C(C)=C\C.CC=NC.c1ccc(-c2ccc3ccc4ccc(-c5ccc(-c6ccncc6)cc5)c5ccc2c3c45)nc1. The van der Waals surface area contributed by atoms with Crippen LogP contribution in [0.5, 0.6) is 0 Å². The minimum atomic E-state index is 0.946. The molecule has 0 radical (unpaired) electrons. The summed E-state index contributed by atoms with van der Waals surface area (Å²) in [5.41, 5.74) is 9.22. The van der Waals surface area contributed by atoms with Gasteiger partial charge in [0, 0.05) is 31.2 Å². The molecule has 0 unspecified atom stereocenters. The number of hydrogen-bond donors (Lipinski definition) is 0. The van der Waals surface area contributed by atoms with Gasteiger partial charge in [-0.1, -0.05) is 122 Å². The maximum Gasteiger partial charge on any atom is 0.0708 e. The lowest BCUT2D eigenvalue weighted by atomic mass is 9.87. The van der Waals surface area contributed by atoms with Crippen LogP contribution in [0, 0.1) is 0 Å². The Morgan fingerprint density at radius 2 is 1.21 bits per heavy atom. The Labute approximate surface area is 284 Å². The molecule has 2 aromatic heterocycles. The van der Waals surface area contributed by atoms with Crippen molar-refractivity contribution < 1.29 is 0 Å². The van der Waals surface area contributed by atoms with Crippen LogP contribution in [0.4, 0.5) is 0 Å². The third-order valence-electron chi connectivity index (χ3n) is 8.35. The van der Waals surface area contributed by atoms with E-state index in [9.17, 15) is 0 Å². The molecule has 0 bridgehead atoms. The van der Waals surface area contributed by atoms with Crippen LogP contribution in [0.15, 0.2) is 175 Å². The highest BCUT2D eigenvalue weighted by Crippen LogP contribution is 2.42. The van der Waals surface area contributed by atoms with Crippen LogP contribution in [0.3, 0.4) is 0 Å². The van der Waals surface area contributed by atoms with Gasteiger partial charge in [0.25, 0.3) is 0 Å². The zero-order chi connectivity index (χ0) is 33.9. The van der Waals surface area contributed by atoms with Gasteiger partial charge in [0.2, 0.25) is 0 Å². The van der Waals surface area contributed by atoms with E-state index < -0.39 is 0 Å². The first-order chi connectivity index (χ1) is 23.5. The maximum atomic E-state index is 4.63. The van der Waals surface area contributed by atoms with Crippen molar-refractivity contribution in [2.75, 3.05) is 7.05 Å². The summed E-state index contributed by atoms with van der Waals surface area (Å²) >= 11 is 0. The highest BCUT2D eigenvalue weighted by atomic mass is 14.7. The van der Waals surface area contributed by atoms with E-state index in [0.29, 0.717) is 0 Å². The number of nitrogens with zero attached hydrogens (tertiary/aromatic N) is 3. The molecule has 0 aliphatic carbocycles. The van der Waals surface area contributed by atoms with E-state index in [1.807, 2.05) is 81.9 Å². The van der Waals surface area contributed by atoms with Crippen molar-refractivity contribution in [2.24, 2.45) is 4.99 Å². The van der Waals surface area contributed by atoms with E-state index in [0.717, 1.165) is 11.3 Å². The summed E-state index contributed by atoms with van der Waals surface area (Å²) in [5.74, 6) is 0. The van der Waals surface area contributed by atoms with Gasteiger partial charge in [-0.3, -0.25) is 9.97 Å². The smallest absolute Gasteiger partial charge is 0.0708 e. The van der Waals surface area contributed by atoms with Crippen LogP contribution in [-0.4, -0.2) is 23.2 Å². The largest absolute Gasteiger partial charge is 0.301 e. The van der Waals surface area contributed by atoms with E-state index >= 15 is 0 Å². The second-order valence-corrected chi connectivity index (χ2v) is 11.3. The molecule has 0 N–H and O–H groups in total. The number of aromatic nitrogens is 2. The predicted octanol–water partition coefficient (Wildman–Crippen LogP) is 12.3. The van der Waals surface area contributed by atoms with Crippen LogP contribution in [-0.2, 0) is 0 Å². The van der Waals surface area contributed by atoms with Gasteiger partial charge in [-0.25, -0.2) is 0 Å². The van der Waals surface area contributed by atoms with Gasteiger partial charge in [0.15, 0.2) is 0 Å². The van der Waals surface area contributed by atoms with Gasteiger partial charge < -0.3 is 4.99 Å². The summed E-state index contributed by atoms with van der Waals surface area (Å²) in [6.07, 6.45) is 15.0. The maximum absolute atomic E-state index is 4.63. The van der Waals surface area contributed by atoms with E-state index in [1.54, 1.807) is 19.3 Å². The number of pyridine rings is 2. The molecule has 0 spiro atoms. The monoisotopic (exact) mass is 623 g/mol. The van der Waals surface area contributed by atoms with Gasteiger partial charge in [0.1, 0.15) is 0 Å². The minimum absolute atomic E-state index is 0.946. The van der Waals surface area contributed by atoms with Crippen LogP contribution < -0.4 is 0 Å².